The van der Waals surface area contributed by atoms with Gasteiger partial charge in [-0.05, 0) is 18.6 Å². The van der Waals surface area contributed by atoms with E-state index >= 15 is 0 Å². The summed E-state index contributed by atoms with van der Waals surface area (Å²) in [5.74, 6) is -1.11. The third kappa shape index (κ3) is 6.26. The van der Waals surface area contributed by atoms with Crippen LogP contribution in [0.5, 0.6) is 0 Å². The number of rotatable bonds is 7. The number of nitrogens with one attached hydrogen (secondary N) is 2. The first-order valence-electron chi connectivity index (χ1n) is 7.07. The maximum absolute atomic E-state index is 11.7. The second kappa shape index (κ2) is 7.93. The summed E-state index contributed by atoms with van der Waals surface area (Å²) >= 11 is 1.15. The number of thiophene rings is 1. The number of carboxylic acids is 1. The Labute approximate surface area is 133 Å². The van der Waals surface area contributed by atoms with Gasteiger partial charge in [-0.2, -0.15) is 0 Å². The monoisotopic (exact) mass is 326 g/mol. The summed E-state index contributed by atoms with van der Waals surface area (Å²) in [5.41, 5.74) is -0.427. The standard InChI is InChI=1S/C15H22N2O4S/c1-15(2,3)14(21)16-8-4-5-12(18)17-9-10-6-7-11(22-10)13(19)20/h6-7H,4-5,8-9H2,1-3H3,(H,16,21)(H,17,18)(H,19,20). The van der Waals surface area contributed by atoms with Crippen LogP contribution >= 0.6 is 11.3 Å². The van der Waals surface area contributed by atoms with E-state index < -0.39 is 11.4 Å². The molecule has 122 valence electrons. The summed E-state index contributed by atoms with van der Waals surface area (Å²) in [4.78, 5) is 35.1. The second-order valence-electron chi connectivity index (χ2n) is 5.96. The smallest absolute Gasteiger partial charge is 0.345 e. The minimum atomic E-state index is -0.961. The Morgan fingerprint density at radius 2 is 1.86 bits per heavy atom. The zero-order valence-electron chi connectivity index (χ0n) is 13.1. The van der Waals surface area contributed by atoms with E-state index in [0.717, 1.165) is 16.2 Å². The van der Waals surface area contributed by atoms with Crippen LogP contribution in [0.1, 0.15) is 48.2 Å². The van der Waals surface area contributed by atoms with Crippen LogP contribution in [0.2, 0.25) is 0 Å². The van der Waals surface area contributed by atoms with Gasteiger partial charge in [0.15, 0.2) is 0 Å². The second-order valence-corrected chi connectivity index (χ2v) is 7.13. The molecule has 0 unspecified atom stereocenters. The minimum Gasteiger partial charge on any atom is -0.477 e. The zero-order valence-corrected chi connectivity index (χ0v) is 13.9. The van der Waals surface area contributed by atoms with Crippen molar-refractivity contribution in [3.8, 4) is 0 Å². The Kier molecular flexibility index (Phi) is 6.55. The lowest BCUT2D eigenvalue weighted by molar-refractivity contribution is -0.128. The van der Waals surface area contributed by atoms with Gasteiger partial charge in [-0.15, -0.1) is 11.3 Å². The number of aromatic carboxylic acids is 1. The Hall–Kier alpha value is -1.89. The molecule has 3 N–H and O–H groups in total. The lowest BCUT2D eigenvalue weighted by atomic mass is 9.96. The summed E-state index contributed by atoms with van der Waals surface area (Å²) in [5, 5.41) is 14.3. The first-order chi connectivity index (χ1) is 10.2. The highest BCUT2D eigenvalue weighted by Crippen LogP contribution is 2.16. The molecule has 0 spiro atoms. The summed E-state index contributed by atoms with van der Waals surface area (Å²) in [6, 6.07) is 3.22. The average molecular weight is 326 g/mol. The summed E-state index contributed by atoms with van der Waals surface area (Å²) in [6.45, 7) is 6.29. The van der Waals surface area contributed by atoms with Crippen LogP contribution in [-0.2, 0) is 16.1 Å². The molecule has 0 saturated carbocycles. The van der Waals surface area contributed by atoms with Gasteiger partial charge in [0.2, 0.25) is 11.8 Å². The van der Waals surface area contributed by atoms with Crippen LogP contribution in [0.25, 0.3) is 0 Å². The molecule has 0 aliphatic carbocycles. The Bertz CT molecular complexity index is 546. The number of carbonyl (C=O) groups is 3. The molecule has 0 aromatic carbocycles. The van der Waals surface area contributed by atoms with E-state index in [-0.39, 0.29) is 16.7 Å². The molecule has 1 aromatic heterocycles. The third-order valence-corrected chi connectivity index (χ3v) is 3.95. The predicted octanol–water partition coefficient (Wildman–Crippen LogP) is 2.00. The molecule has 0 fully saturated rings. The molecule has 6 nitrogen and oxygen atoms in total. The highest BCUT2D eigenvalue weighted by Gasteiger charge is 2.20. The van der Waals surface area contributed by atoms with Crippen molar-refractivity contribution < 1.29 is 19.5 Å². The van der Waals surface area contributed by atoms with Crippen LogP contribution in [0.4, 0.5) is 0 Å². The third-order valence-electron chi connectivity index (χ3n) is 2.88. The lowest BCUT2D eigenvalue weighted by Gasteiger charge is -2.17. The van der Waals surface area contributed by atoms with Gasteiger partial charge < -0.3 is 15.7 Å². The Morgan fingerprint density at radius 1 is 1.18 bits per heavy atom. The molecule has 1 rings (SSSR count). The first-order valence-corrected chi connectivity index (χ1v) is 7.89. The summed E-state index contributed by atoms with van der Waals surface area (Å²) < 4.78 is 0. The van der Waals surface area contributed by atoms with E-state index in [2.05, 4.69) is 10.6 Å². The first kappa shape index (κ1) is 18.2. The van der Waals surface area contributed by atoms with Gasteiger partial charge in [0.05, 0.1) is 6.54 Å². The van der Waals surface area contributed by atoms with Gasteiger partial charge >= 0.3 is 5.97 Å². The molecule has 0 saturated heterocycles. The van der Waals surface area contributed by atoms with Crippen LogP contribution in [0.15, 0.2) is 12.1 Å². The highest BCUT2D eigenvalue weighted by molar-refractivity contribution is 7.13. The topological polar surface area (TPSA) is 95.5 Å². The van der Waals surface area contributed by atoms with Crippen molar-refractivity contribution in [2.75, 3.05) is 6.54 Å². The number of hydrogen-bond acceptors (Lipinski definition) is 4. The molecule has 0 aliphatic heterocycles. The SMILES string of the molecule is CC(C)(C)C(=O)NCCCC(=O)NCc1ccc(C(=O)O)s1. The van der Waals surface area contributed by atoms with E-state index in [1.165, 1.54) is 6.07 Å². The van der Waals surface area contributed by atoms with Crippen molar-refractivity contribution in [3.63, 3.8) is 0 Å². The van der Waals surface area contributed by atoms with E-state index in [0.29, 0.717) is 25.9 Å². The molecule has 2 amide bonds. The van der Waals surface area contributed by atoms with E-state index in [1.807, 2.05) is 20.8 Å². The van der Waals surface area contributed by atoms with Gasteiger partial charge in [0.1, 0.15) is 4.88 Å². The molecule has 0 bridgehead atoms. The van der Waals surface area contributed by atoms with Crippen LogP contribution in [-0.4, -0.2) is 29.4 Å². The van der Waals surface area contributed by atoms with Gasteiger partial charge in [-0.25, -0.2) is 4.79 Å². The van der Waals surface area contributed by atoms with Crippen molar-refractivity contribution >= 4 is 29.1 Å². The highest BCUT2D eigenvalue weighted by atomic mass is 32.1. The Balaban J connectivity index is 2.21. The average Bonchev–Trinajstić information content (AvgIpc) is 2.89. The Morgan fingerprint density at radius 3 is 2.41 bits per heavy atom. The predicted molar refractivity (Wildman–Crippen MR) is 84.8 cm³/mol. The molecule has 22 heavy (non-hydrogen) atoms. The summed E-state index contributed by atoms with van der Waals surface area (Å²) in [7, 11) is 0. The minimum absolute atomic E-state index is 0.0345. The fourth-order valence-electron chi connectivity index (χ4n) is 1.58. The maximum atomic E-state index is 11.7. The van der Waals surface area contributed by atoms with Gasteiger partial charge in [0, 0.05) is 23.3 Å². The maximum Gasteiger partial charge on any atom is 0.345 e. The fraction of sp³-hybridized carbons (Fsp3) is 0.533. The molecule has 0 aliphatic rings. The van der Waals surface area contributed by atoms with E-state index in [4.69, 9.17) is 5.11 Å². The van der Waals surface area contributed by atoms with Crippen molar-refractivity contribution in [2.24, 2.45) is 5.41 Å². The van der Waals surface area contributed by atoms with Crippen molar-refractivity contribution in [3.05, 3.63) is 21.9 Å². The largest absolute Gasteiger partial charge is 0.477 e. The molecule has 7 heteroatoms. The van der Waals surface area contributed by atoms with Crippen LogP contribution in [0, 0.1) is 5.41 Å². The van der Waals surface area contributed by atoms with Gasteiger partial charge in [0.25, 0.3) is 0 Å². The number of amides is 2. The fourth-order valence-corrected chi connectivity index (χ4v) is 2.36. The van der Waals surface area contributed by atoms with Gasteiger partial charge in [-0.1, -0.05) is 20.8 Å². The molecular weight excluding hydrogens is 304 g/mol. The van der Waals surface area contributed by atoms with Crippen LogP contribution < -0.4 is 10.6 Å². The number of carbonyl (C=O) groups excluding carboxylic acids is 2. The van der Waals surface area contributed by atoms with Crippen LogP contribution in [0.3, 0.4) is 0 Å². The molecule has 0 radical (unpaired) electrons. The molecule has 1 aromatic rings. The van der Waals surface area contributed by atoms with Gasteiger partial charge in [-0.3, -0.25) is 9.59 Å². The van der Waals surface area contributed by atoms with Crippen molar-refractivity contribution in [2.45, 2.75) is 40.2 Å². The van der Waals surface area contributed by atoms with Crippen molar-refractivity contribution in [1.29, 1.82) is 0 Å². The number of carboxylic acid groups (broad SMARTS) is 1. The van der Waals surface area contributed by atoms with Crippen molar-refractivity contribution in [1.82, 2.24) is 10.6 Å². The van der Waals surface area contributed by atoms with E-state index in [1.54, 1.807) is 6.07 Å². The lowest BCUT2D eigenvalue weighted by Crippen LogP contribution is -2.35. The molecular formula is C15H22N2O4S. The normalized spacial score (nSPS) is 11.0. The quantitative estimate of drug-likeness (QED) is 0.668. The zero-order chi connectivity index (χ0) is 16.8. The van der Waals surface area contributed by atoms with E-state index in [9.17, 15) is 14.4 Å². The molecule has 1 heterocycles. The molecule has 0 atom stereocenters. The number of hydrogen-bond donors (Lipinski definition) is 3. The summed E-state index contributed by atoms with van der Waals surface area (Å²) in [6.07, 6.45) is 0.889.